The Hall–Kier alpha value is 0.340. The normalized spacial score (nSPS) is 11.4. The van der Waals surface area contributed by atoms with Crippen molar-refractivity contribution in [2.75, 3.05) is 7.11 Å². The molecule has 0 N–H and O–H groups in total. The third-order valence-electron chi connectivity index (χ3n) is 1.57. The third-order valence-corrected chi connectivity index (χ3v) is 2.14. The second-order valence-corrected chi connectivity index (χ2v) is 5.27. The lowest BCUT2D eigenvalue weighted by Crippen LogP contribution is -2.02. The SMILES string of the molecule is COC(=O)CCCCCC(Cl)(Cl)Cl. The van der Waals surface area contributed by atoms with E-state index in [0.29, 0.717) is 12.8 Å². The van der Waals surface area contributed by atoms with Crippen LogP contribution < -0.4 is 0 Å². The van der Waals surface area contributed by atoms with Crippen molar-refractivity contribution in [1.82, 2.24) is 0 Å². The van der Waals surface area contributed by atoms with E-state index < -0.39 is 3.79 Å². The van der Waals surface area contributed by atoms with Crippen molar-refractivity contribution in [2.24, 2.45) is 0 Å². The maximum absolute atomic E-state index is 10.7. The molecule has 0 spiro atoms. The fourth-order valence-corrected chi connectivity index (χ4v) is 1.27. The number of rotatable bonds is 5. The zero-order valence-corrected chi connectivity index (χ0v) is 9.75. The van der Waals surface area contributed by atoms with E-state index in [1.54, 1.807) is 0 Å². The van der Waals surface area contributed by atoms with Crippen LogP contribution in [-0.2, 0) is 9.53 Å². The van der Waals surface area contributed by atoms with Crippen molar-refractivity contribution in [3.63, 3.8) is 0 Å². The van der Waals surface area contributed by atoms with Crippen LogP contribution in [0.15, 0.2) is 0 Å². The second-order valence-electron chi connectivity index (χ2n) is 2.75. The van der Waals surface area contributed by atoms with E-state index in [9.17, 15) is 4.79 Å². The number of hydrogen-bond acceptors (Lipinski definition) is 2. The molecule has 0 fully saturated rings. The molecule has 0 aliphatic rings. The van der Waals surface area contributed by atoms with E-state index in [1.165, 1.54) is 7.11 Å². The van der Waals surface area contributed by atoms with Crippen LogP contribution in [0.1, 0.15) is 32.1 Å². The van der Waals surface area contributed by atoms with Gasteiger partial charge in [-0.05, 0) is 19.3 Å². The van der Waals surface area contributed by atoms with Crippen molar-refractivity contribution in [3.8, 4) is 0 Å². The lowest BCUT2D eigenvalue weighted by Gasteiger charge is -2.09. The average Bonchev–Trinajstić information content (AvgIpc) is 2.01. The summed E-state index contributed by atoms with van der Waals surface area (Å²) in [7, 11) is 1.38. The van der Waals surface area contributed by atoms with Crippen molar-refractivity contribution < 1.29 is 9.53 Å². The maximum atomic E-state index is 10.7. The quantitative estimate of drug-likeness (QED) is 0.422. The molecule has 13 heavy (non-hydrogen) atoms. The number of unbranched alkanes of at least 4 members (excludes halogenated alkanes) is 2. The van der Waals surface area contributed by atoms with Gasteiger partial charge in [0.15, 0.2) is 3.79 Å². The molecule has 0 atom stereocenters. The standard InChI is InChI=1S/C8H13Cl3O2/c1-13-7(12)5-3-2-4-6-8(9,10)11/h2-6H2,1H3. The van der Waals surface area contributed by atoms with Crippen molar-refractivity contribution in [3.05, 3.63) is 0 Å². The Morgan fingerprint density at radius 2 is 1.85 bits per heavy atom. The van der Waals surface area contributed by atoms with Crippen LogP contribution in [0, 0.1) is 0 Å². The van der Waals surface area contributed by atoms with E-state index in [4.69, 9.17) is 34.8 Å². The van der Waals surface area contributed by atoms with Crippen LogP contribution in [0.25, 0.3) is 0 Å². The highest BCUT2D eigenvalue weighted by molar-refractivity contribution is 6.67. The molecule has 78 valence electrons. The molecular formula is C8H13Cl3O2. The number of ether oxygens (including phenoxy) is 1. The molecule has 0 unspecified atom stereocenters. The van der Waals surface area contributed by atoms with Crippen LogP contribution in [0.3, 0.4) is 0 Å². The van der Waals surface area contributed by atoms with E-state index >= 15 is 0 Å². The predicted octanol–water partition coefficient (Wildman–Crippen LogP) is 3.48. The van der Waals surface area contributed by atoms with Crippen LogP contribution in [0.5, 0.6) is 0 Å². The first-order chi connectivity index (χ1) is 5.95. The summed E-state index contributed by atoms with van der Waals surface area (Å²) in [5, 5.41) is 0. The first-order valence-corrected chi connectivity index (χ1v) is 5.22. The maximum Gasteiger partial charge on any atom is 0.305 e. The van der Waals surface area contributed by atoms with Gasteiger partial charge in [-0.15, -0.1) is 0 Å². The Labute approximate surface area is 93.5 Å². The molecule has 0 heterocycles. The molecule has 0 aliphatic carbocycles. The molecule has 0 amide bonds. The van der Waals surface area contributed by atoms with Gasteiger partial charge in [0.25, 0.3) is 0 Å². The van der Waals surface area contributed by atoms with Crippen LogP contribution >= 0.6 is 34.8 Å². The minimum atomic E-state index is -1.16. The van der Waals surface area contributed by atoms with Gasteiger partial charge in [0.2, 0.25) is 0 Å². The summed E-state index contributed by atoms with van der Waals surface area (Å²) in [6.45, 7) is 0. The predicted molar refractivity (Wildman–Crippen MR) is 55.4 cm³/mol. The Morgan fingerprint density at radius 1 is 1.23 bits per heavy atom. The molecule has 0 aromatic rings. The van der Waals surface area contributed by atoms with Crippen LogP contribution in [-0.4, -0.2) is 16.9 Å². The van der Waals surface area contributed by atoms with Crippen LogP contribution in [0.2, 0.25) is 0 Å². The molecule has 2 nitrogen and oxygen atoms in total. The van der Waals surface area contributed by atoms with Gasteiger partial charge >= 0.3 is 5.97 Å². The van der Waals surface area contributed by atoms with Gasteiger partial charge in [-0.1, -0.05) is 41.2 Å². The molecule has 0 saturated carbocycles. The van der Waals surface area contributed by atoms with Gasteiger partial charge in [0.1, 0.15) is 0 Å². The van der Waals surface area contributed by atoms with Crippen molar-refractivity contribution in [2.45, 2.75) is 35.9 Å². The number of hydrogen-bond donors (Lipinski definition) is 0. The summed E-state index contributed by atoms with van der Waals surface area (Å²) < 4.78 is 3.32. The summed E-state index contributed by atoms with van der Waals surface area (Å²) in [6.07, 6.45) is 3.44. The highest BCUT2D eigenvalue weighted by Crippen LogP contribution is 2.31. The van der Waals surface area contributed by atoms with Gasteiger partial charge in [-0.2, -0.15) is 0 Å². The van der Waals surface area contributed by atoms with E-state index in [2.05, 4.69) is 4.74 Å². The van der Waals surface area contributed by atoms with E-state index in [1.807, 2.05) is 0 Å². The monoisotopic (exact) mass is 246 g/mol. The topological polar surface area (TPSA) is 26.3 Å². The molecule has 5 heteroatoms. The summed E-state index contributed by atoms with van der Waals surface area (Å²) in [5.74, 6) is -0.186. The number of carbonyl (C=O) groups excluding carboxylic acids is 1. The van der Waals surface area contributed by atoms with Gasteiger partial charge in [0.05, 0.1) is 7.11 Å². The first-order valence-electron chi connectivity index (χ1n) is 4.09. The zero-order chi connectivity index (χ0) is 10.3. The molecule has 0 saturated heterocycles. The second kappa shape index (κ2) is 6.74. The van der Waals surface area contributed by atoms with Crippen molar-refractivity contribution in [1.29, 1.82) is 0 Å². The summed E-state index contributed by atoms with van der Waals surface area (Å²) >= 11 is 16.6. The Balaban J connectivity index is 3.22. The largest absolute Gasteiger partial charge is 0.469 e. The third kappa shape index (κ3) is 10.3. The molecule has 0 aromatic heterocycles. The van der Waals surface area contributed by atoms with Gasteiger partial charge < -0.3 is 4.74 Å². The van der Waals surface area contributed by atoms with Crippen LogP contribution in [0.4, 0.5) is 0 Å². The number of alkyl halides is 3. The lowest BCUT2D eigenvalue weighted by molar-refractivity contribution is -0.140. The summed E-state index contributed by atoms with van der Waals surface area (Å²) in [5.41, 5.74) is 0. The molecule has 0 bridgehead atoms. The lowest BCUT2D eigenvalue weighted by atomic mass is 10.1. The Bertz CT molecular complexity index is 154. The number of methoxy groups -OCH3 is 1. The van der Waals surface area contributed by atoms with E-state index in [-0.39, 0.29) is 5.97 Å². The number of esters is 1. The Kier molecular flexibility index (Phi) is 6.92. The molecule has 0 rings (SSSR count). The highest BCUT2D eigenvalue weighted by atomic mass is 35.6. The first kappa shape index (κ1) is 13.3. The fourth-order valence-electron chi connectivity index (χ4n) is 0.874. The molecule has 0 aromatic carbocycles. The smallest absolute Gasteiger partial charge is 0.305 e. The zero-order valence-electron chi connectivity index (χ0n) is 7.49. The summed E-state index contributed by atoms with van der Waals surface area (Å²) in [6, 6.07) is 0. The number of halogens is 3. The minimum absolute atomic E-state index is 0.186. The number of carbonyl (C=O) groups is 1. The van der Waals surface area contributed by atoms with E-state index in [0.717, 1.165) is 19.3 Å². The fraction of sp³-hybridized carbons (Fsp3) is 0.875. The summed E-state index contributed by atoms with van der Waals surface area (Å²) in [4.78, 5) is 10.7. The average molecular weight is 248 g/mol. The molecule has 0 radical (unpaired) electrons. The van der Waals surface area contributed by atoms with Gasteiger partial charge in [0, 0.05) is 6.42 Å². The molecular weight excluding hydrogens is 234 g/mol. The Morgan fingerprint density at radius 3 is 2.31 bits per heavy atom. The minimum Gasteiger partial charge on any atom is -0.469 e. The highest BCUT2D eigenvalue weighted by Gasteiger charge is 2.18. The molecule has 0 aliphatic heterocycles. The van der Waals surface area contributed by atoms with Crippen molar-refractivity contribution >= 4 is 40.8 Å². The van der Waals surface area contributed by atoms with Gasteiger partial charge in [-0.3, -0.25) is 4.79 Å². The van der Waals surface area contributed by atoms with Gasteiger partial charge in [-0.25, -0.2) is 0 Å².